The standard InChI is InChI=1S/C22H19N.C21H17N/c1-2-7-16-12-14-17(15-13-16)22-18-8-3-5-10-20(18)23-21-11-6-4-9-19(21)22;1-2-15-11-13-16(14-12-15)21-17-7-3-5-9-19(17)22-20-10-6-4-8-18(20)21/h3-6,8-15H,2,7H2,1H3;3-14H,2H2,1H3. The summed E-state index contributed by atoms with van der Waals surface area (Å²) in [7, 11) is 0. The summed E-state index contributed by atoms with van der Waals surface area (Å²) in [6.07, 6.45) is 3.39. The van der Waals surface area contributed by atoms with Gasteiger partial charge in [-0.2, -0.15) is 0 Å². The molecule has 45 heavy (non-hydrogen) atoms. The van der Waals surface area contributed by atoms with E-state index in [0.717, 1.165) is 34.9 Å². The number of hydrogen-bond acceptors (Lipinski definition) is 2. The van der Waals surface area contributed by atoms with Gasteiger partial charge in [-0.15, -0.1) is 0 Å². The van der Waals surface area contributed by atoms with E-state index in [1.165, 1.54) is 61.3 Å². The lowest BCUT2D eigenvalue weighted by Crippen LogP contribution is -1.89. The van der Waals surface area contributed by atoms with Crippen molar-refractivity contribution < 1.29 is 0 Å². The molecule has 0 amide bonds. The van der Waals surface area contributed by atoms with Gasteiger partial charge in [-0.25, -0.2) is 9.97 Å². The summed E-state index contributed by atoms with van der Waals surface area (Å²) < 4.78 is 0. The highest BCUT2D eigenvalue weighted by molar-refractivity contribution is 6.10. The van der Waals surface area contributed by atoms with E-state index < -0.39 is 0 Å². The van der Waals surface area contributed by atoms with Crippen molar-refractivity contribution in [1.29, 1.82) is 0 Å². The van der Waals surface area contributed by atoms with Crippen molar-refractivity contribution in [3.63, 3.8) is 0 Å². The summed E-state index contributed by atoms with van der Waals surface area (Å²) >= 11 is 0. The molecule has 2 heterocycles. The number of para-hydroxylation sites is 4. The van der Waals surface area contributed by atoms with E-state index >= 15 is 0 Å². The molecule has 0 aliphatic rings. The van der Waals surface area contributed by atoms with Crippen LogP contribution in [0.2, 0.25) is 0 Å². The Hall–Kier alpha value is -5.34. The summed E-state index contributed by atoms with van der Waals surface area (Å²) in [5.41, 5.74) is 12.1. The van der Waals surface area contributed by atoms with Gasteiger partial charge < -0.3 is 0 Å². The van der Waals surface area contributed by atoms with Crippen LogP contribution in [0.3, 0.4) is 0 Å². The number of nitrogens with zero attached hydrogens (tertiary/aromatic N) is 2. The monoisotopic (exact) mass is 580 g/mol. The van der Waals surface area contributed by atoms with Crippen molar-refractivity contribution >= 4 is 43.6 Å². The van der Waals surface area contributed by atoms with Crippen molar-refractivity contribution in [3.8, 4) is 22.3 Å². The molecule has 0 saturated carbocycles. The van der Waals surface area contributed by atoms with E-state index in [1.807, 2.05) is 12.1 Å². The zero-order valence-electron chi connectivity index (χ0n) is 25.9. The number of pyridine rings is 2. The fourth-order valence-electron chi connectivity index (χ4n) is 6.34. The van der Waals surface area contributed by atoms with E-state index in [9.17, 15) is 0 Å². The second-order valence-electron chi connectivity index (χ2n) is 11.5. The number of aromatic nitrogens is 2. The predicted octanol–water partition coefficient (Wildman–Crippen LogP) is 11.6. The van der Waals surface area contributed by atoms with Gasteiger partial charge in [0.05, 0.1) is 22.1 Å². The Morgan fingerprint density at radius 1 is 0.378 bits per heavy atom. The third-order valence-corrected chi connectivity index (χ3v) is 8.61. The summed E-state index contributed by atoms with van der Waals surface area (Å²) in [5.74, 6) is 0. The topological polar surface area (TPSA) is 25.8 Å². The highest BCUT2D eigenvalue weighted by Crippen LogP contribution is 2.36. The summed E-state index contributed by atoms with van der Waals surface area (Å²) in [6.45, 7) is 4.41. The zero-order chi connectivity index (χ0) is 30.6. The molecule has 0 radical (unpaired) electrons. The minimum Gasteiger partial charge on any atom is -0.248 e. The van der Waals surface area contributed by atoms with E-state index in [2.05, 4.69) is 147 Å². The first-order valence-corrected chi connectivity index (χ1v) is 16.0. The van der Waals surface area contributed by atoms with Gasteiger partial charge >= 0.3 is 0 Å². The largest absolute Gasteiger partial charge is 0.248 e. The molecule has 0 fully saturated rings. The fraction of sp³-hybridized carbons (Fsp3) is 0.116. The second-order valence-corrected chi connectivity index (χ2v) is 11.5. The maximum absolute atomic E-state index is 4.81. The third-order valence-electron chi connectivity index (χ3n) is 8.61. The molecule has 0 aliphatic heterocycles. The molecular formula is C43H36N2. The molecule has 2 heteroatoms. The maximum atomic E-state index is 4.81. The molecule has 2 nitrogen and oxygen atoms in total. The van der Waals surface area contributed by atoms with E-state index in [-0.39, 0.29) is 0 Å². The molecule has 0 N–H and O–H groups in total. The molecule has 0 bridgehead atoms. The van der Waals surface area contributed by atoms with Crippen LogP contribution in [0.15, 0.2) is 146 Å². The number of fused-ring (bicyclic) bond motifs is 4. The summed E-state index contributed by atoms with van der Waals surface area (Å²) in [4.78, 5) is 9.61. The van der Waals surface area contributed by atoms with Gasteiger partial charge in [-0.05, 0) is 59.4 Å². The Morgan fingerprint density at radius 2 is 0.711 bits per heavy atom. The Bertz CT molecular complexity index is 2140. The van der Waals surface area contributed by atoms with Gasteiger partial charge in [0.25, 0.3) is 0 Å². The van der Waals surface area contributed by atoms with Crippen LogP contribution in [0.5, 0.6) is 0 Å². The van der Waals surface area contributed by atoms with E-state index in [1.54, 1.807) is 0 Å². The van der Waals surface area contributed by atoms with Crippen LogP contribution in [0, 0.1) is 0 Å². The van der Waals surface area contributed by atoms with Gasteiger partial charge in [-0.3, -0.25) is 0 Å². The molecule has 0 saturated heterocycles. The van der Waals surface area contributed by atoms with Gasteiger partial charge in [-0.1, -0.05) is 142 Å². The Balaban J connectivity index is 0.000000145. The minimum absolute atomic E-state index is 1.05. The SMILES string of the molecule is CCCc1ccc(-c2c3ccccc3nc3ccccc23)cc1.CCc1ccc(-c2c3ccccc3nc3ccccc23)cc1. The highest BCUT2D eigenvalue weighted by Gasteiger charge is 2.12. The summed E-state index contributed by atoms with van der Waals surface area (Å²) in [6, 6.07) is 51.5. The Kier molecular flexibility index (Phi) is 8.04. The molecule has 218 valence electrons. The van der Waals surface area contributed by atoms with Crippen LogP contribution >= 0.6 is 0 Å². The number of benzene rings is 6. The Morgan fingerprint density at radius 3 is 1.04 bits per heavy atom. The van der Waals surface area contributed by atoms with Crippen LogP contribution in [-0.2, 0) is 12.8 Å². The highest BCUT2D eigenvalue weighted by atomic mass is 14.7. The molecule has 8 rings (SSSR count). The minimum atomic E-state index is 1.05. The van der Waals surface area contributed by atoms with Gasteiger partial charge in [0.2, 0.25) is 0 Å². The van der Waals surface area contributed by atoms with Gasteiger partial charge in [0, 0.05) is 32.7 Å². The lowest BCUT2D eigenvalue weighted by molar-refractivity contribution is 0.922. The molecular weight excluding hydrogens is 544 g/mol. The third kappa shape index (κ3) is 5.68. The number of rotatable bonds is 5. The number of aryl methyl sites for hydroxylation is 2. The summed E-state index contributed by atoms with van der Waals surface area (Å²) in [5, 5.41) is 4.86. The van der Waals surface area contributed by atoms with Crippen molar-refractivity contribution in [3.05, 3.63) is 157 Å². The second kappa shape index (κ2) is 12.7. The van der Waals surface area contributed by atoms with Crippen LogP contribution in [-0.4, -0.2) is 9.97 Å². The van der Waals surface area contributed by atoms with Crippen molar-refractivity contribution in [2.75, 3.05) is 0 Å². The number of hydrogen-bond donors (Lipinski definition) is 0. The normalized spacial score (nSPS) is 11.2. The van der Waals surface area contributed by atoms with Crippen LogP contribution in [0.4, 0.5) is 0 Å². The fourth-order valence-corrected chi connectivity index (χ4v) is 6.34. The van der Waals surface area contributed by atoms with E-state index in [0.29, 0.717) is 0 Å². The van der Waals surface area contributed by atoms with Crippen molar-refractivity contribution in [2.24, 2.45) is 0 Å². The van der Waals surface area contributed by atoms with Crippen molar-refractivity contribution in [2.45, 2.75) is 33.1 Å². The molecule has 0 spiro atoms. The smallest absolute Gasteiger partial charge is 0.0715 e. The average molecular weight is 581 g/mol. The maximum Gasteiger partial charge on any atom is 0.0715 e. The lowest BCUT2D eigenvalue weighted by Gasteiger charge is -2.11. The molecule has 0 atom stereocenters. The van der Waals surface area contributed by atoms with Crippen LogP contribution in [0.1, 0.15) is 31.4 Å². The van der Waals surface area contributed by atoms with Gasteiger partial charge in [0.1, 0.15) is 0 Å². The Labute approximate surface area is 265 Å². The first kappa shape index (κ1) is 28.4. The lowest BCUT2D eigenvalue weighted by atomic mass is 9.95. The van der Waals surface area contributed by atoms with Crippen LogP contribution in [0.25, 0.3) is 65.9 Å². The molecule has 6 aromatic carbocycles. The quantitative estimate of drug-likeness (QED) is 0.189. The van der Waals surface area contributed by atoms with Crippen molar-refractivity contribution in [1.82, 2.24) is 9.97 Å². The molecule has 2 aromatic heterocycles. The zero-order valence-corrected chi connectivity index (χ0v) is 25.9. The molecule has 0 unspecified atom stereocenters. The van der Waals surface area contributed by atoms with Crippen LogP contribution < -0.4 is 0 Å². The van der Waals surface area contributed by atoms with Gasteiger partial charge in [0.15, 0.2) is 0 Å². The van der Waals surface area contributed by atoms with E-state index in [4.69, 9.17) is 9.97 Å². The predicted molar refractivity (Wildman–Crippen MR) is 193 cm³/mol. The first-order valence-electron chi connectivity index (χ1n) is 16.0. The first-order chi connectivity index (χ1) is 22.2. The molecule has 0 aliphatic carbocycles. The average Bonchev–Trinajstić information content (AvgIpc) is 3.10. The molecule has 8 aromatic rings.